The van der Waals surface area contributed by atoms with Gasteiger partial charge in [0.25, 0.3) is 0 Å². The molecule has 141 valence electrons. The number of rotatable bonds is 5. The first-order valence-electron chi connectivity index (χ1n) is 7.38. The molecular formula is C12H18B2F3O8. The molecule has 8 nitrogen and oxygen atoms in total. The molecule has 0 aromatic rings. The molecule has 13 heteroatoms. The predicted octanol–water partition coefficient (Wildman–Crippen LogP) is -3.00. The SMILES string of the molecule is [B][C@@H]1O[C@H](CO)[C@@H](O)[C@@]1(C)O[B][C@@H]1O[C@H](CO)[C@@H](O)[C@]1(O)C(F)(F)F. The highest BCUT2D eigenvalue weighted by Gasteiger charge is 2.70. The smallest absolute Gasteiger partial charge is 0.421 e. The molecule has 0 amide bonds. The van der Waals surface area contributed by atoms with Crippen LogP contribution in [0.25, 0.3) is 0 Å². The maximum Gasteiger partial charge on any atom is 0.421 e. The van der Waals surface area contributed by atoms with E-state index in [2.05, 4.69) is 0 Å². The fraction of sp³-hybridized carbons (Fsp3) is 1.00. The molecule has 0 saturated carbocycles. The Bertz CT molecular complexity index is 486. The Kier molecular flexibility index (Phi) is 5.82. The molecule has 2 rings (SSSR count). The Balaban J connectivity index is 2.18. The molecule has 2 heterocycles. The molecule has 8 atom stereocenters. The van der Waals surface area contributed by atoms with Crippen molar-refractivity contribution in [3.05, 3.63) is 0 Å². The van der Waals surface area contributed by atoms with Crippen LogP contribution in [0.3, 0.4) is 0 Å². The zero-order valence-electron chi connectivity index (χ0n) is 13.1. The van der Waals surface area contributed by atoms with E-state index in [1.807, 2.05) is 0 Å². The Morgan fingerprint density at radius 3 is 2.08 bits per heavy atom. The number of aliphatic hydroxyl groups excluding tert-OH is 4. The third-order valence-electron chi connectivity index (χ3n) is 4.64. The summed E-state index contributed by atoms with van der Waals surface area (Å²) in [5.41, 5.74) is -5.48. The Morgan fingerprint density at radius 1 is 1.12 bits per heavy atom. The molecule has 2 saturated heterocycles. The van der Waals surface area contributed by atoms with Crippen molar-refractivity contribution < 1.29 is 52.8 Å². The van der Waals surface area contributed by atoms with Gasteiger partial charge in [0.1, 0.15) is 38.3 Å². The highest BCUT2D eigenvalue weighted by Crippen LogP contribution is 2.44. The van der Waals surface area contributed by atoms with Gasteiger partial charge in [-0.15, -0.1) is 0 Å². The van der Waals surface area contributed by atoms with Crippen LogP contribution in [0.1, 0.15) is 6.92 Å². The van der Waals surface area contributed by atoms with E-state index in [1.165, 1.54) is 6.92 Å². The van der Waals surface area contributed by atoms with Crippen LogP contribution in [-0.2, 0) is 14.1 Å². The summed E-state index contributed by atoms with van der Waals surface area (Å²) in [6, 6.07) is -3.50. The van der Waals surface area contributed by atoms with Gasteiger partial charge < -0.3 is 39.7 Å². The number of hydrogen-bond donors (Lipinski definition) is 5. The average Bonchev–Trinajstić information content (AvgIpc) is 2.92. The largest absolute Gasteiger partial charge is 0.428 e. The number of halogens is 3. The van der Waals surface area contributed by atoms with E-state index in [4.69, 9.17) is 32.2 Å². The second-order valence-electron chi connectivity index (χ2n) is 6.21. The van der Waals surface area contributed by atoms with Gasteiger partial charge in [0.05, 0.1) is 18.8 Å². The van der Waals surface area contributed by atoms with Crippen LogP contribution in [0, 0.1) is 0 Å². The third kappa shape index (κ3) is 3.21. The minimum atomic E-state index is -5.30. The molecule has 0 aliphatic carbocycles. The van der Waals surface area contributed by atoms with E-state index in [-0.39, 0.29) is 0 Å². The second kappa shape index (κ2) is 6.97. The summed E-state index contributed by atoms with van der Waals surface area (Å²) in [5.74, 6) is 0. The lowest BCUT2D eigenvalue weighted by atomic mass is 9.73. The van der Waals surface area contributed by atoms with E-state index >= 15 is 0 Å². The van der Waals surface area contributed by atoms with E-state index in [0.717, 1.165) is 0 Å². The molecule has 2 aliphatic rings. The first-order valence-corrected chi connectivity index (χ1v) is 7.38. The predicted molar refractivity (Wildman–Crippen MR) is 75.5 cm³/mol. The molecule has 3 radical (unpaired) electrons. The molecule has 5 N–H and O–H groups in total. The fourth-order valence-electron chi connectivity index (χ4n) is 2.85. The summed E-state index contributed by atoms with van der Waals surface area (Å²) < 4.78 is 54.8. The Morgan fingerprint density at radius 2 is 1.64 bits per heavy atom. The van der Waals surface area contributed by atoms with E-state index in [1.54, 1.807) is 0 Å². The van der Waals surface area contributed by atoms with Crippen LogP contribution in [0.4, 0.5) is 13.2 Å². The third-order valence-corrected chi connectivity index (χ3v) is 4.64. The Hall–Kier alpha value is -0.400. The van der Waals surface area contributed by atoms with Crippen LogP contribution in [0.2, 0.25) is 0 Å². The second-order valence-corrected chi connectivity index (χ2v) is 6.21. The highest BCUT2D eigenvalue weighted by atomic mass is 19.4. The molecule has 2 aliphatic heterocycles. The zero-order chi connectivity index (χ0) is 19.2. The van der Waals surface area contributed by atoms with Gasteiger partial charge in [-0.2, -0.15) is 13.2 Å². The van der Waals surface area contributed by atoms with Crippen LogP contribution in [0.15, 0.2) is 0 Å². The maximum atomic E-state index is 13.2. The van der Waals surface area contributed by atoms with Crippen molar-refractivity contribution >= 4 is 15.3 Å². The van der Waals surface area contributed by atoms with Gasteiger partial charge in [0.15, 0.2) is 0 Å². The van der Waals surface area contributed by atoms with Gasteiger partial charge in [-0.1, -0.05) is 0 Å². The minimum absolute atomic E-state index is 0.443. The van der Waals surface area contributed by atoms with Gasteiger partial charge in [-0.3, -0.25) is 0 Å². The van der Waals surface area contributed by atoms with Crippen LogP contribution in [-0.4, -0.2) is 108 Å². The van der Waals surface area contributed by atoms with Crippen molar-refractivity contribution in [1.82, 2.24) is 0 Å². The first-order chi connectivity index (χ1) is 11.4. The molecule has 0 aromatic carbocycles. The van der Waals surface area contributed by atoms with Crippen LogP contribution >= 0.6 is 0 Å². The van der Waals surface area contributed by atoms with E-state index in [0.29, 0.717) is 7.48 Å². The lowest BCUT2D eigenvalue weighted by Gasteiger charge is -2.36. The molecular weight excluding hydrogens is 351 g/mol. The fourth-order valence-corrected chi connectivity index (χ4v) is 2.85. The van der Waals surface area contributed by atoms with Crippen molar-refractivity contribution in [3.8, 4) is 0 Å². The highest BCUT2D eigenvalue weighted by molar-refractivity contribution is 6.30. The summed E-state index contributed by atoms with van der Waals surface area (Å²) in [7, 11) is 6.08. The van der Waals surface area contributed by atoms with E-state index < -0.39 is 67.0 Å². The monoisotopic (exact) mass is 369 g/mol. The van der Waals surface area contributed by atoms with Crippen molar-refractivity contribution in [2.75, 3.05) is 13.2 Å². The molecule has 0 spiro atoms. The summed E-state index contributed by atoms with van der Waals surface area (Å²) in [6.45, 7) is -0.347. The number of aliphatic hydroxyl groups is 5. The van der Waals surface area contributed by atoms with Gasteiger partial charge in [0.2, 0.25) is 5.60 Å². The Labute approximate surface area is 143 Å². The normalized spacial score (nSPS) is 48.0. The minimum Gasteiger partial charge on any atom is -0.428 e. The van der Waals surface area contributed by atoms with Crippen molar-refractivity contribution in [2.24, 2.45) is 0 Å². The van der Waals surface area contributed by atoms with Gasteiger partial charge in [-0.25, -0.2) is 0 Å². The zero-order valence-corrected chi connectivity index (χ0v) is 13.1. The number of hydrogen-bond acceptors (Lipinski definition) is 8. The lowest BCUT2D eigenvalue weighted by molar-refractivity contribution is -0.286. The lowest BCUT2D eigenvalue weighted by Crippen LogP contribution is -2.62. The van der Waals surface area contributed by atoms with Gasteiger partial charge in [0, 0.05) is 6.00 Å². The molecule has 0 bridgehead atoms. The van der Waals surface area contributed by atoms with Gasteiger partial charge in [-0.05, 0) is 6.92 Å². The van der Waals surface area contributed by atoms with Gasteiger partial charge >= 0.3 is 13.7 Å². The number of ether oxygens (including phenoxy) is 2. The summed E-state index contributed by atoms with van der Waals surface area (Å²) >= 11 is 0. The molecule has 0 aromatic heterocycles. The van der Waals surface area contributed by atoms with E-state index in [9.17, 15) is 28.5 Å². The van der Waals surface area contributed by atoms with Crippen LogP contribution in [0.5, 0.6) is 0 Å². The summed E-state index contributed by atoms with van der Waals surface area (Å²) in [5, 5.41) is 47.8. The maximum absolute atomic E-state index is 13.2. The average molecular weight is 369 g/mol. The molecule has 25 heavy (non-hydrogen) atoms. The van der Waals surface area contributed by atoms with Crippen molar-refractivity contribution in [1.29, 1.82) is 0 Å². The quantitative estimate of drug-likeness (QED) is 0.325. The van der Waals surface area contributed by atoms with Crippen LogP contribution < -0.4 is 0 Å². The number of alkyl halides is 3. The standard InChI is InChI=1S/C12H18B2F3O8/c1-10(6(20)4(2-18)23-8(10)13)25-14-9-11(22,12(15,16)17)7(21)5(3-19)24-9/h4-9,18-22H,2-3H2,1H3/t4-,5-,6-,7-,8-,9-,10-,11-/m1/s1. The first kappa shape index (κ1) is 20.9. The van der Waals surface area contributed by atoms with Crippen molar-refractivity contribution in [2.45, 2.75) is 60.7 Å². The summed E-state index contributed by atoms with van der Waals surface area (Å²) in [4.78, 5) is 0. The molecule has 2 fully saturated rings. The van der Waals surface area contributed by atoms with Crippen molar-refractivity contribution in [3.63, 3.8) is 0 Å². The molecule has 0 unspecified atom stereocenters. The summed E-state index contributed by atoms with van der Waals surface area (Å²) in [6.07, 6.45) is -12.1. The topological polar surface area (TPSA) is 129 Å².